The number of aromatic nitrogens is 9. The van der Waals surface area contributed by atoms with Crippen LogP contribution in [0.25, 0.3) is 200 Å². The van der Waals surface area contributed by atoms with Crippen molar-refractivity contribution < 1.29 is 0 Å². The number of fused-ring (bicyclic) bond motifs is 13. The molecule has 0 saturated heterocycles. The molecular formula is C93H53N9S2. The van der Waals surface area contributed by atoms with Crippen molar-refractivity contribution in [2.75, 3.05) is 0 Å². The van der Waals surface area contributed by atoms with Crippen LogP contribution in [0.2, 0.25) is 0 Å². The molecule has 0 atom stereocenters. The third kappa shape index (κ3) is 9.27. The molecule has 9 nitrogen and oxygen atoms in total. The predicted octanol–water partition coefficient (Wildman–Crippen LogP) is 24.2. The molecule has 0 radical (unpaired) electrons. The minimum Gasteiger partial charge on any atom is -0.309 e. The second kappa shape index (κ2) is 23.2. The van der Waals surface area contributed by atoms with Crippen molar-refractivity contribution in [3.63, 3.8) is 0 Å². The Morgan fingerprint density at radius 1 is 0.212 bits per heavy atom. The summed E-state index contributed by atoms with van der Waals surface area (Å²) in [6.45, 7) is 0. The summed E-state index contributed by atoms with van der Waals surface area (Å²) in [5, 5.41) is 11.3. The molecule has 0 aliphatic carbocycles. The quantitative estimate of drug-likeness (QED) is 0.131. The van der Waals surface area contributed by atoms with E-state index < -0.39 is 0 Å². The molecule has 20 aromatic rings. The molecule has 11 heteroatoms. The van der Waals surface area contributed by atoms with E-state index in [1.54, 1.807) is 23.5 Å². The fourth-order valence-corrected chi connectivity index (χ4v) is 18.3. The number of hydrogen-bond donors (Lipinski definition) is 0. The van der Waals surface area contributed by atoms with Crippen molar-refractivity contribution in [2.45, 2.75) is 19.6 Å². The highest BCUT2D eigenvalue weighted by Gasteiger charge is 2.28. The van der Waals surface area contributed by atoms with Gasteiger partial charge in [-0.25, -0.2) is 34.9 Å². The van der Waals surface area contributed by atoms with Crippen molar-refractivity contribution >= 4 is 110 Å². The fraction of sp³-hybridized carbons (Fsp3) is 0. The van der Waals surface area contributed by atoms with Crippen molar-refractivity contribution in [2.24, 2.45) is 0 Å². The number of para-hydroxylation sites is 4. The zero-order valence-electron chi connectivity index (χ0n) is 55.4. The molecule has 0 spiro atoms. The summed E-state index contributed by atoms with van der Waals surface area (Å²) in [7, 11) is 0. The van der Waals surface area contributed by atoms with Gasteiger partial charge in [-0.05, 0) is 147 Å². The maximum atomic E-state index is 5.82. The Kier molecular flexibility index (Phi) is 13.1. The number of hydrogen-bond acceptors (Lipinski definition) is 9. The van der Waals surface area contributed by atoms with Gasteiger partial charge in [0.05, 0.1) is 44.5 Å². The van der Waals surface area contributed by atoms with Crippen LogP contribution in [-0.2, 0) is 0 Å². The maximum absolute atomic E-state index is 5.82. The lowest BCUT2D eigenvalue weighted by atomic mass is 9.87. The molecule has 0 N–H and O–H groups in total. The molecule has 0 amide bonds. The van der Waals surface area contributed by atoms with E-state index in [-0.39, 0.29) is 0 Å². The molecule has 22 rings (SSSR count). The van der Waals surface area contributed by atoms with Gasteiger partial charge in [-0.2, -0.15) is 0 Å². The van der Waals surface area contributed by atoms with Gasteiger partial charge in [-0.15, -0.1) is 0 Å². The lowest BCUT2D eigenvalue weighted by Crippen LogP contribution is -2.03. The monoisotopic (exact) mass is 1360 g/mol. The largest absolute Gasteiger partial charge is 0.309 e. The smallest absolute Gasteiger partial charge is 0.164 e. The Morgan fingerprint density at radius 3 is 1.19 bits per heavy atom. The molecule has 15 aromatic carbocycles. The van der Waals surface area contributed by atoms with Crippen molar-refractivity contribution in [1.29, 1.82) is 0 Å². The standard InChI is InChI=1S/C93H53N9S2/c1-3-23-54(24-4-1)89-98-90(55-25-5-2-6-26-55)100-93(99-89)60-46-57(45-59(47-60)91-94-74-37-22-44-82-85(74)87(96-91)71-33-13-19-42-80(71)103-82)73-50-56-27-7-8-28-64(56)84-65(35-21-36-70(73)84)58-51-75-86-83(52-58)104-81-43-20-14-34-72(81)88(86)97-92(95-75)61-48-62(101-76-38-15-9-29-66(76)67-30-10-16-39-77(67)101)53-63(49-61)102-78-40-17-11-31-68(78)69-32-12-18-41-79(69)102/h1-53H. The van der Waals surface area contributed by atoms with E-state index in [2.05, 4.69) is 294 Å². The van der Waals surface area contributed by atoms with Gasteiger partial charge in [-0.3, -0.25) is 0 Å². The first-order chi connectivity index (χ1) is 51.5. The average molecular weight is 1360 g/mol. The van der Waals surface area contributed by atoms with Crippen molar-refractivity contribution in [3.8, 4) is 113 Å². The number of nitrogens with zero attached hydrogens (tertiary/aromatic N) is 9. The van der Waals surface area contributed by atoms with Crippen LogP contribution < -0.4 is 0 Å². The molecule has 0 fully saturated rings. The Labute approximate surface area is 604 Å². The molecule has 5 aromatic heterocycles. The minimum atomic E-state index is 0.532. The summed E-state index contributed by atoms with van der Waals surface area (Å²) in [6.07, 6.45) is 0. The fourth-order valence-electron chi connectivity index (χ4n) is 16.1. The van der Waals surface area contributed by atoms with Gasteiger partial charge in [0.15, 0.2) is 29.1 Å². The van der Waals surface area contributed by atoms with Gasteiger partial charge in [0, 0.05) is 102 Å². The van der Waals surface area contributed by atoms with E-state index >= 15 is 0 Å². The van der Waals surface area contributed by atoms with Crippen LogP contribution in [0.4, 0.5) is 0 Å². The summed E-state index contributed by atoms with van der Waals surface area (Å²) in [4.78, 5) is 43.0. The summed E-state index contributed by atoms with van der Waals surface area (Å²) in [6, 6.07) is 115. The summed E-state index contributed by atoms with van der Waals surface area (Å²) in [5.74, 6) is 2.92. The van der Waals surface area contributed by atoms with Crippen LogP contribution in [0.1, 0.15) is 0 Å². The Balaban J connectivity index is 0.778. The highest BCUT2D eigenvalue weighted by Crippen LogP contribution is 2.52. The van der Waals surface area contributed by atoms with E-state index in [4.69, 9.17) is 34.9 Å². The van der Waals surface area contributed by atoms with Crippen LogP contribution in [0.3, 0.4) is 0 Å². The molecule has 482 valence electrons. The molecule has 0 bridgehead atoms. The SMILES string of the molecule is c1ccc(-c2nc(-c3ccccc3)nc(-c3cc(-c4nc5c6c(cccc6n4)Sc4ccccc4-5)cc(-c4cc5ccccc5c5c(-c6cc7c8c(nc(-c9cc(-n%10c%11ccccc%11c%11ccccc%11%10)cc(-n%10c%11ccccc%11c%11ccccc%11%10)c9)nc8c6)-c6ccccc6S7)cccc45)c3)n2)cc1. The Hall–Kier alpha value is -13.2. The Bertz CT molecular complexity index is 6770. The van der Waals surface area contributed by atoms with Gasteiger partial charge in [0.1, 0.15) is 0 Å². The van der Waals surface area contributed by atoms with Gasteiger partial charge < -0.3 is 9.13 Å². The lowest BCUT2D eigenvalue weighted by Gasteiger charge is -2.22. The third-order valence-electron chi connectivity index (χ3n) is 20.7. The van der Waals surface area contributed by atoms with Crippen LogP contribution in [0.15, 0.2) is 341 Å². The van der Waals surface area contributed by atoms with Crippen molar-refractivity contribution in [3.05, 3.63) is 322 Å². The van der Waals surface area contributed by atoms with E-state index in [0.717, 1.165) is 169 Å². The molecule has 7 heterocycles. The van der Waals surface area contributed by atoms with Crippen molar-refractivity contribution in [1.82, 2.24) is 44.0 Å². The highest BCUT2D eigenvalue weighted by molar-refractivity contribution is 8.00. The minimum absolute atomic E-state index is 0.532. The van der Waals surface area contributed by atoms with Crippen LogP contribution >= 0.6 is 23.5 Å². The second-order valence-electron chi connectivity index (χ2n) is 26.7. The zero-order valence-corrected chi connectivity index (χ0v) is 57.1. The molecular weight excluding hydrogens is 1310 g/mol. The summed E-state index contributed by atoms with van der Waals surface area (Å²) < 4.78 is 4.82. The summed E-state index contributed by atoms with van der Waals surface area (Å²) >= 11 is 3.55. The third-order valence-corrected chi connectivity index (χ3v) is 22.9. The second-order valence-corrected chi connectivity index (χ2v) is 28.9. The normalized spacial score (nSPS) is 12.3. The predicted molar refractivity (Wildman–Crippen MR) is 427 cm³/mol. The highest BCUT2D eigenvalue weighted by atomic mass is 32.2. The van der Waals surface area contributed by atoms with Crippen LogP contribution in [0, 0.1) is 0 Å². The average Bonchev–Trinajstić information content (AvgIpc) is 1.15. The van der Waals surface area contributed by atoms with Gasteiger partial charge >= 0.3 is 0 Å². The summed E-state index contributed by atoms with van der Waals surface area (Å²) in [5.41, 5.74) is 20.7. The van der Waals surface area contributed by atoms with E-state index in [9.17, 15) is 0 Å². The Morgan fingerprint density at radius 2 is 0.615 bits per heavy atom. The first-order valence-electron chi connectivity index (χ1n) is 34.8. The number of rotatable bonds is 9. The van der Waals surface area contributed by atoms with Gasteiger partial charge in [-0.1, -0.05) is 242 Å². The molecule has 2 aliphatic rings. The van der Waals surface area contributed by atoms with E-state index in [0.29, 0.717) is 29.1 Å². The van der Waals surface area contributed by atoms with Gasteiger partial charge in [0.2, 0.25) is 0 Å². The molecule has 2 aliphatic heterocycles. The first kappa shape index (κ1) is 58.6. The molecule has 0 saturated carbocycles. The van der Waals surface area contributed by atoms with E-state index in [1.807, 2.05) is 36.4 Å². The lowest BCUT2D eigenvalue weighted by molar-refractivity contribution is 1.07. The van der Waals surface area contributed by atoms with Crippen LogP contribution in [-0.4, -0.2) is 44.0 Å². The maximum Gasteiger partial charge on any atom is 0.164 e. The van der Waals surface area contributed by atoms with Crippen LogP contribution in [0.5, 0.6) is 0 Å². The van der Waals surface area contributed by atoms with E-state index in [1.165, 1.54) is 21.5 Å². The zero-order chi connectivity index (χ0) is 68.1. The van der Waals surface area contributed by atoms with Gasteiger partial charge in [0.25, 0.3) is 0 Å². The number of benzene rings is 15. The molecule has 0 unspecified atom stereocenters. The topological polar surface area (TPSA) is 100 Å². The first-order valence-corrected chi connectivity index (χ1v) is 36.5. The molecule has 104 heavy (non-hydrogen) atoms.